The van der Waals surface area contributed by atoms with Gasteiger partial charge in [0, 0.05) is 18.7 Å². The van der Waals surface area contributed by atoms with Crippen molar-refractivity contribution in [2.24, 2.45) is 0 Å². The molecule has 4 rings (SSSR count). The quantitative estimate of drug-likeness (QED) is 0.260. The molecule has 0 radical (unpaired) electrons. The molecular formula is C34H43N3O7S. The van der Waals surface area contributed by atoms with Crippen LogP contribution in [0.5, 0.6) is 17.2 Å². The molecule has 1 aliphatic carbocycles. The molecule has 242 valence electrons. The van der Waals surface area contributed by atoms with Crippen LogP contribution in [0.15, 0.2) is 77.7 Å². The molecule has 1 saturated carbocycles. The monoisotopic (exact) mass is 637 g/mol. The summed E-state index contributed by atoms with van der Waals surface area (Å²) in [6, 6.07) is 19.1. The molecule has 1 fully saturated rings. The second-order valence-electron chi connectivity index (χ2n) is 11.0. The van der Waals surface area contributed by atoms with Crippen LogP contribution in [0.25, 0.3) is 0 Å². The van der Waals surface area contributed by atoms with E-state index in [1.165, 1.54) is 37.3 Å². The van der Waals surface area contributed by atoms with E-state index in [2.05, 4.69) is 5.32 Å². The van der Waals surface area contributed by atoms with Crippen molar-refractivity contribution in [2.75, 3.05) is 32.2 Å². The summed E-state index contributed by atoms with van der Waals surface area (Å²) in [6.45, 7) is 1.36. The molecule has 0 aliphatic heterocycles. The van der Waals surface area contributed by atoms with E-state index in [0.29, 0.717) is 17.9 Å². The minimum Gasteiger partial charge on any atom is -0.497 e. The van der Waals surface area contributed by atoms with Gasteiger partial charge in [-0.05, 0) is 61.2 Å². The normalized spacial score (nSPS) is 14.2. The highest BCUT2D eigenvalue weighted by Crippen LogP contribution is 2.36. The van der Waals surface area contributed by atoms with Crippen molar-refractivity contribution in [3.05, 3.63) is 78.4 Å². The van der Waals surface area contributed by atoms with Crippen LogP contribution in [-0.2, 0) is 26.2 Å². The summed E-state index contributed by atoms with van der Waals surface area (Å²) in [5.41, 5.74) is 0.905. The largest absolute Gasteiger partial charge is 0.497 e. The SMILES string of the molecule is CC[C@H](C(=O)NC1CCCCC1)N(Cc1ccc(OC)cc1)C(=O)CN(c1cc(OC)ccc1OC)S(=O)(=O)c1ccccc1. The molecule has 1 N–H and O–H groups in total. The Bertz CT molecular complexity index is 1530. The van der Waals surface area contributed by atoms with Gasteiger partial charge < -0.3 is 24.4 Å². The molecule has 11 heteroatoms. The molecule has 0 heterocycles. The highest BCUT2D eigenvalue weighted by atomic mass is 32.2. The maximum absolute atomic E-state index is 14.4. The number of nitrogens with zero attached hydrogens (tertiary/aromatic N) is 2. The van der Waals surface area contributed by atoms with E-state index < -0.39 is 28.5 Å². The molecule has 1 atom stereocenters. The third kappa shape index (κ3) is 8.27. The van der Waals surface area contributed by atoms with Gasteiger partial charge in [-0.3, -0.25) is 13.9 Å². The van der Waals surface area contributed by atoms with Gasteiger partial charge in [0.05, 0.1) is 31.9 Å². The molecule has 2 amide bonds. The number of rotatable bonds is 14. The third-order valence-corrected chi connectivity index (χ3v) is 9.89. The summed E-state index contributed by atoms with van der Waals surface area (Å²) in [5.74, 6) is 0.499. The molecule has 3 aromatic rings. The molecule has 0 unspecified atom stereocenters. The van der Waals surface area contributed by atoms with E-state index in [4.69, 9.17) is 14.2 Å². The first-order chi connectivity index (χ1) is 21.7. The smallest absolute Gasteiger partial charge is 0.264 e. The van der Waals surface area contributed by atoms with Gasteiger partial charge in [-0.1, -0.05) is 56.5 Å². The van der Waals surface area contributed by atoms with Crippen LogP contribution in [0.2, 0.25) is 0 Å². The zero-order chi connectivity index (χ0) is 32.4. The van der Waals surface area contributed by atoms with Crippen molar-refractivity contribution in [2.45, 2.75) is 69.0 Å². The Kier molecular flexibility index (Phi) is 11.7. The van der Waals surface area contributed by atoms with Gasteiger partial charge in [-0.25, -0.2) is 8.42 Å². The van der Waals surface area contributed by atoms with Crippen LogP contribution in [0.1, 0.15) is 51.0 Å². The van der Waals surface area contributed by atoms with Crippen molar-refractivity contribution in [1.29, 1.82) is 0 Å². The number of anilines is 1. The Hall–Kier alpha value is -4.25. The molecule has 0 bridgehead atoms. The first-order valence-corrected chi connectivity index (χ1v) is 16.7. The summed E-state index contributed by atoms with van der Waals surface area (Å²) in [6.07, 6.45) is 5.37. The number of hydrogen-bond donors (Lipinski definition) is 1. The summed E-state index contributed by atoms with van der Waals surface area (Å²) in [4.78, 5) is 29.6. The van der Waals surface area contributed by atoms with E-state index in [-0.39, 0.29) is 34.8 Å². The van der Waals surface area contributed by atoms with Gasteiger partial charge in [0.2, 0.25) is 11.8 Å². The predicted octanol–water partition coefficient (Wildman–Crippen LogP) is 5.16. The average Bonchev–Trinajstić information content (AvgIpc) is 3.07. The fourth-order valence-electron chi connectivity index (χ4n) is 5.62. The van der Waals surface area contributed by atoms with Crippen molar-refractivity contribution < 1.29 is 32.2 Å². The first-order valence-electron chi connectivity index (χ1n) is 15.2. The van der Waals surface area contributed by atoms with Gasteiger partial charge in [0.25, 0.3) is 10.0 Å². The molecule has 1 aliphatic rings. The summed E-state index contributed by atoms with van der Waals surface area (Å²) < 4.78 is 45.6. The number of sulfonamides is 1. The lowest BCUT2D eigenvalue weighted by Gasteiger charge is -2.34. The van der Waals surface area contributed by atoms with Gasteiger partial charge in [-0.2, -0.15) is 0 Å². The molecule has 0 aromatic heterocycles. The Morgan fingerprint density at radius 1 is 0.867 bits per heavy atom. The second kappa shape index (κ2) is 15.7. The van der Waals surface area contributed by atoms with Crippen LogP contribution >= 0.6 is 0 Å². The van der Waals surface area contributed by atoms with Crippen molar-refractivity contribution >= 4 is 27.5 Å². The molecular weight excluding hydrogens is 594 g/mol. The fraction of sp³-hybridized carbons (Fsp3) is 0.412. The lowest BCUT2D eigenvalue weighted by Crippen LogP contribution is -2.54. The van der Waals surface area contributed by atoms with E-state index in [9.17, 15) is 18.0 Å². The summed E-state index contributed by atoms with van der Waals surface area (Å²) >= 11 is 0. The number of hydrogen-bond acceptors (Lipinski definition) is 7. The van der Waals surface area contributed by atoms with Crippen LogP contribution in [-0.4, -0.2) is 65.1 Å². The van der Waals surface area contributed by atoms with Gasteiger partial charge in [0.15, 0.2) is 0 Å². The number of methoxy groups -OCH3 is 3. The van der Waals surface area contributed by atoms with Crippen LogP contribution in [0.4, 0.5) is 5.69 Å². The third-order valence-electron chi connectivity index (χ3n) is 8.11. The Balaban J connectivity index is 1.76. The first kappa shape index (κ1) is 33.6. The van der Waals surface area contributed by atoms with Crippen LogP contribution in [0.3, 0.4) is 0 Å². The van der Waals surface area contributed by atoms with Crippen molar-refractivity contribution in [3.8, 4) is 17.2 Å². The summed E-state index contributed by atoms with van der Waals surface area (Å²) in [7, 11) is 0.209. The zero-order valence-corrected chi connectivity index (χ0v) is 27.2. The fourth-order valence-corrected chi connectivity index (χ4v) is 7.05. The van der Waals surface area contributed by atoms with E-state index >= 15 is 0 Å². The topological polar surface area (TPSA) is 114 Å². The van der Waals surface area contributed by atoms with Crippen LogP contribution in [0, 0.1) is 0 Å². The predicted molar refractivity (Wildman–Crippen MR) is 173 cm³/mol. The van der Waals surface area contributed by atoms with Gasteiger partial charge >= 0.3 is 0 Å². The number of carbonyl (C=O) groups is 2. The number of amides is 2. The van der Waals surface area contributed by atoms with E-state index in [1.807, 2.05) is 19.1 Å². The number of nitrogens with one attached hydrogen (secondary N) is 1. The molecule has 0 saturated heterocycles. The van der Waals surface area contributed by atoms with E-state index in [1.54, 1.807) is 49.6 Å². The maximum Gasteiger partial charge on any atom is 0.264 e. The number of carbonyl (C=O) groups excluding carboxylic acids is 2. The lowest BCUT2D eigenvalue weighted by molar-refractivity contribution is -0.140. The lowest BCUT2D eigenvalue weighted by atomic mass is 9.95. The van der Waals surface area contributed by atoms with Gasteiger partial charge in [0.1, 0.15) is 29.8 Å². The standard InChI is InChI=1S/C34H43N3O7S/c1-5-30(34(39)35-26-12-8-6-9-13-26)36(23-25-16-18-27(42-2)19-17-25)33(38)24-37(45(40,41)29-14-10-7-11-15-29)31-22-28(43-3)20-21-32(31)44-4/h7,10-11,14-22,26,30H,5-6,8-9,12-13,23-24H2,1-4H3,(H,35,39)/t30-/m1/s1. The second-order valence-corrected chi connectivity index (χ2v) is 12.9. The Labute approximate surface area is 266 Å². The van der Waals surface area contributed by atoms with E-state index in [0.717, 1.165) is 42.0 Å². The molecule has 3 aromatic carbocycles. The number of benzene rings is 3. The highest BCUT2D eigenvalue weighted by molar-refractivity contribution is 7.92. The zero-order valence-electron chi connectivity index (χ0n) is 26.4. The highest BCUT2D eigenvalue weighted by Gasteiger charge is 2.35. The molecule has 45 heavy (non-hydrogen) atoms. The Morgan fingerprint density at radius 3 is 2.11 bits per heavy atom. The van der Waals surface area contributed by atoms with Crippen LogP contribution < -0.4 is 23.8 Å². The molecule has 10 nitrogen and oxygen atoms in total. The Morgan fingerprint density at radius 2 is 1.51 bits per heavy atom. The number of ether oxygens (including phenoxy) is 3. The van der Waals surface area contributed by atoms with Gasteiger partial charge in [-0.15, -0.1) is 0 Å². The maximum atomic E-state index is 14.4. The average molecular weight is 638 g/mol. The minimum atomic E-state index is -4.26. The van der Waals surface area contributed by atoms with Crippen molar-refractivity contribution in [3.63, 3.8) is 0 Å². The van der Waals surface area contributed by atoms with Crippen molar-refractivity contribution in [1.82, 2.24) is 10.2 Å². The minimum absolute atomic E-state index is 0.00598. The molecule has 0 spiro atoms. The summed E-state index contributed by atoms with van der Waals surface area (Å²) in [5, 5.41) is 3.16.